The Bertz CT molecular complexity index is 1110. The minimum atomic E-state index is -0.446. The van der Waals surface area contributed by atoms with Gasteiger partial charge < -0.3 is 10.4 Å². The van der Waals surface area contributed by atoms with Gasteiger partial charge in [0.2, 0.25) is 5.88 Å². The minimum Gasteiger partial charge on any atom is -0.493 e. The molecule has 1 aromatic heterocycles. The maximum absolute atomic E-state index is 12.9. The number of hydrogen-bond donors (Lipinski definition) is 2. The summed E-state index contributed by atoms with van der Waals surface area (Å²) in [7, 11) is 0. The number of non-ortho nitro benzene ring substituents is 1. The molecule has 2 aliphatic heterocycles. The van der Waals surface area contributed by atoms with E-state index in [4.69, 9.17) is 0 Å². The summed E-state index contributed by atoms with van der Waals surface area (Å²) in [6, 6.07) is 9.75. The molecule has 126 valence electrons. The zero-order valence-corrected chi connectivity index (χ0v) is 13.0. The molecule has 8 nitrogen and oxygen atoms in total. The molecule has 0 spiro atoms. The topological polar surface area (TPSA) is 102 Å². The average molecular weight is 338 g/mol. The van der Waals surface area contributed by atoms with Gasteiger partial charge in [0.25, 0.3) is 5.69 Å². The highest BCUT2D eigenvalue weighted by Gasteiger charge is 2.42. The van der Waals surface area contributed by atoms with Gasteiger partial charge in [0.15, 0.2) is 0 Å². The standard InChI is InChI=1S/C17H14N4O4/c22-16-15-12-7-9(8-18-12)19(15)17(23)20(16)13-5-6-14(21(24)25)11-4-2-1-3-10(11)13/h1-6,9,12,18,22H,7-8H2. The van der Waals surface area contributed by atoms with Crippen LogP contribution in [0.15, 0.2) is 41.2 Å². The first-order valence-electron chi connectivity index (χ1n) is 8.04. The number of nitrogens with one attached hydrogen (secondary N) is 1. The van der Waals surface area contributed by atoms with E-state index in [-0.39, 0.29) is 29.3 Å². The maximum Gasteiger partial charge on any atom is 0.336 e. The van der Waals surface area contributed by atoms with Gasteiger partial charge in [0.1, 0.15) is 5.69 Å². The van der Waals surface area contributed by atoms with Crippen molar-refractivity contribution in [1.82, 2.24) is 14.5 Å². The maximum atomic E-state index is 12.9. The average Bonchev–Trinajstić information content (AvgIpc) is 3.28. The van der Waals surface area contributed by atoms with Gasteiger partial charge in [0, 0.05) is 18.0 Å². The minimum absolute atomic E-state index is 0.0248. The second-order valence-electron chi connectivity index (χ2n) is 6.45. The van der Waals surface area contributed by atoms with Crippen molar-refractivity contribution in [2.24, 2.45) is 0 Å². The number of aromatic nitrogens is 2. The quantitative estimate of drug-likeness (QED) is 0.549. The molecule has 2 N–H and O–H groups in total. The van der Waals surface area contributed by atoms with E-state index in [1.807, 2.05) is 0 Å². The molecule has 5 rings (SSSR count). The lowest BCUT2D eigenvalue weighted by atomic mass is 10.1. The summed E-state index contributed by atoms with van der Waals surface area (Å²) in [4.78, 5) is 23.8. The van der Waals surface area contributed by atoms with E-state index in [1.165, 1.54) is 16.7 Å². The summed E-state index contributed by atoms with van der Waals surface area (Å²) in [6.45, 7) is 0.710. The predicted molar refractivity (Wildman–Crippen MR) is 90.3 cm³/mol. The van der Waals surface area contributed by atoms with Crippen molar-refractivity contribution in [3.63, 3.8) is 0 Å². The number of rotatable bonds is 2. The van der Waals surface area contributed by atoms with Gasteiger partial charge in [-0.05, 0) is 18.6 Å². The first-order valence-corrected chi connectivity index (χ1v) is 8.04. The molecule has 1 saturated heterocycles. The monoisotopic (exact) mass is 338 g/mol. The molecule has 0 aliphatic carbocycles. The molecule has 0 radical (unpaired) electrons. The van der Waals surface area contributed by atoms with Crippen molar-refractivity contribution in [1.29, 1.82) is 0 Å². The summed E-state index contributed by atoms with van der Waals surface area (Å²) >= 11 is 0. The molecule has 2 aliphatic rings. The second kappa shape index (κ2) is 4.70. The summed E-state index contributed by atoms with van der Waals surface area (Å²) in [6.07, 6.45) is 0.806. The Morgan fingerprint density at radius 2 is 1.96 bits per heavy atom. The highest BCUT2D eigenvalue weighted by Crippen LogP contribution is 2.43. The van der Waals surface area contributed by atoms with E-state index in [1.54, 1.807) is 28.8 Å². The highest BCUT2D eigenvalue weighted by atomic mass is 16.6. The fourth-order valence-corrected chi connectivity index (χ4v) is 4.16. The van der Waals surface area contributed by atoms with Crippen LogP contribution in [0.25, 0.3) is 16.5 Å². The van der Waals surface area contributed by atoms with Gasteiger partial charge in [-0.3, -0.25) is 14.7 Å². The van der Waals surface area contributed by atoms with Crippen LogP contribution in [0.5, 0.6) is 5.88 Å². The smallest absolute Gasteiger partial charge is 0.336 e. The lowest BCUT2D eigenvalue weighted by Crippen LogP contribution is -2.31. The summed E-state index contributed by atoms with van der Waals surface area (Å²) < 4.78 is 2.90. The Hall–Kier alpha value is -3.13. The molecule has 1 fully saturated rings. The first-order chi connectivity index (χ1) is 12.1. The number of nitro benzene ring substituents is 1. The van der Waals surface area contributed by atoms with Gasteiger partial charge in [-0.1, -0.05) is 18.2 Å². The van der Waals surface area contributed by atoms with Gasteiger partial charge in [0.05, 0.1) is 28.1 Å². The zero-order chi connectivity index (χ0) is 17.3. The third kappa shape index (κ3) is 1.71. The fourth-order valence-electron chi connectivity index (χ4n) is 4.16. The van der Waals surface area contributed by atoms with E-state index in [0.29, 0.717) is 28.7 Å². The van der Waals surface area contributed by atoms with E-state index in [0.717, 1.165) is 6.42 Å². The number of imidazole rings is 1. The van der Waals surface area contributed by atoms with Crippen LogP contribution in [0.2, 0.25) is 0 Å². The van der Waals surface area contributed by atoms with Gasteiger partial charge in [-0.15, -0.1) is 0 Å². The fraction of sp³-hybridized carbons (Fsp3) is 0.235. The number of fused-ring (bicyclic) bond motifs is 6. The molecule has 0 saturated carbocycles. The zero-order valence-electron chi connectivity index (χ0n) is 13.0. The summed E-state index contributed by atoms with van der Waals surface area (Å²) in [5, 5.41) is 26.3. The largest absolute Gasteiger partial charge is 0.493 e. The van der Waals surface area contributed by atoms with Crippen molar-refractivity contribution >= 4 is 16.5 Å². The van der Waals surface area contributed by atoms with Crippen LogP contribution in [0, 0.1) is 10.1 Å². The molecule has 2 unspecified atom stereocenters. The van der Waals surface area contributed by atoms with Crippen LogP contribution in [0.3, 0.4) is 0 Å². The van der Waals surface area contributed by atoms with Gasteiger partial charge in [-0.25, -0.2) is 9.36 Å². The van der Waals surface area contributed by atoms with E-state index in [2.05, 4.69) is 5.32 Å². The van der Waals surface area contributed by atoms with Crippen molar-refractivity contribution in [3.05, 3.63) is 62.7 Å². The first kappa shape index (κ1) is 14.2. The predicted octanol–water partition coefficient (Wildman–Crippen LogP) is 2.00. The van der Waals surface area contributed by atoms with Crippen LogP contribution in [0.1, 0.15) is 24.2 Å². The van der Waals surface area contributed by atoms with E-state index >= 15 is 0 Å². The molecule has 3 aromatic rings. The van der Waals surface area contributed by atoms with Crippen molar-refractivity contribution < 1.29 is 10.0 Å². The molecular formula is C17H14N4O4. The Morgan fingerprint density at radius 3 is 2.68 bits per heavy atom. The van der Waals surface area contributed by atoms with E-state index < -0.39 is 4.92 Å². The Labute approximate surface area is 141 Å². The Kier molecular flexibility index (Phi) is 2.68. The summed E-state index contributed by atoms with van der Waals surface area (Å²) in [5.41, 5.74) is 0.717. The molecule has 2 bridgehead atoms. The number of benzene rings is 2. The van der Waals surface area contributed by atoms with E-state index in [9.17, 15) is 20.0 Å². The second-order valence-corrected chi connectivity index (χ2v) is 6.45. The molecule has 2 atom stereocenters. The number of nitrogens with zero attached hydrogens (tertiary/aromatic N) is 3. The molecule has 25 heavy (non-hydrogen) atoms. The number of hydrogen-bond acceptors (Lipinski definition) is 5. The van der Waals surface area contributed by atoms with Crippen LogP contribution < -0.4 is 11.0 Å². The number of nitro groups is 1. The van der Waals surface area contributed by atoms with Crippen molar-refractivity contribution in [2.45, 2.75) is 18.5 Å². The third-order valence-electron chi connectivity index (χ3n) is 5.22. The van der Waals surface area contributed by atoms with Crippen LogP contribution in [-0.4, -0.2) is 25.7 Å². The lowest BCUT2D eigenvalue weighted by Gasteiger charge is -2.13. The normalized spacial score (nSPS) is 21.0. The molecule has 2 aromatic carbocycles. The van der Waals surface area contributed by atoms with Crippen molar-refractivity contribution in [3.8, 4) is 11.6 Å². The Balaban J connectivity index is 1.84. The summed E-state index contributed by atoms with van der Waals surface area (Å²) in [5.74, 6) is -0.0938. The van der Waals surface area contributed by atoms with Crippen LogP contribution >= 0.6 is 0 Å². The molecule has 0 amide bonds. The molecule has 8 heteroatoms. The SMILES string of the molecule is O=c1n(-c2ccc([N+](=O)[O-])c3ccccc23)c(O)c2n1C1CNC2C1. The van der Waals surface area contributed by atoms with Crippen LogP contribution in [-0.2, 0) is 0 Å². The third-order valence-corrected chi connectivity index (χ3v) is 5.22. The Morgan fingerprint density at radius 1 is 1.20 bits per heavy atom. The van der Waals surface area contributed by atoms with Crippen LogP contribution in [0.4, 0.5) is 5.69 Å². The lowest BCUT2D eigenvalue weighted by molar-refractivity contribution is -0.383. The number of aromatic hydroxyl groups is 1. The van der Waals surface area contributed by atoms with Gasteiger partial charge in [-0.2, -0.15) is 0 Å². The van der Waals surface area contributed by atoms with Crippen molar-refractivity contribution in [2.75, 3.05) is 6.54 Å². The van der Waals surface area contributed by atoms with Gasteiger partial charge >= 0.3 is 5.69 Å². The molecular weight excluding hydrogens is 324 g/mol. The molecule has 3 heterocycles. The highest BCUT2D eigenvalue weighted by molar-refractivity contribution is 5.97.